The average molecular weight is 655 g/mol. The second-order valence-corrected chi connectivity index (χ2v) is 12.8. The molecule has 0 aliphatic heterocycles. The zero-order chi connectivity index (χ0) is 26.6. The molecule has 0 radical (unpaired) electrons. The minimum Gasteiger partial charge on any atom is -0.326 e. The van der Waals surface area contributed by atoms with Crippen LogP contribution in [-0.2, 0) is 4.79 Å². The van der Waals surface area contributed by atoms with Crippen LogP contribution in [0.4, 0.5) is 10.8 Å². The Hall–Kier alpha value is -1.48. The molecule has 5 rings (SSSR count). The molecular formula is C24H12Cl7N3O2S. The number of fused-ring (bicyclic) bond motifs is 1. The molecule has 1 heterocycles. The summed E-state index contributed by atoms with van der Waals surface area (Å²) in [6.07, 6.45) is 0. The van der Waals surface area contributed by atoms with Gasteiger partial charge in [-0.2, -0.15) is 0 Å². The van der Waals surface area contributed by atoms with Crippen LogP contribution in [-0.4, -0.2) is 21.1 Å². The van der Waals surface area contributed by atoms with Crippen LogP contribution < -0.4 is 10.6 Å². The summed E-state index contributed by atoms with van der Waals surface area (Å²) in [6, 6.07) is 12.7. The molecule has 0 bridgehead atoms. The smallest absolute Gasteiger partial charge is 0.259 e. The lowest BCUT2D eigenvalue weighted by molar-refractivity contribution is -0.117. The Balaban J connectivity index is 1.33. The van der Waals surface area contributed by atoms with Gasteiger partial charge in [-0.3, -0.25) is 14.9 Å². The number of halogens is 7. The Labute approximate surface area is 249 Å². The number of thiazole rings is 1. The number of nitrogens with one attached hydrogen (secondary N) is 2. The fourth-order valence-corrected chi connectivity index (χ4v) is 6.80. The molecular weight excluding hydrogens is 643 g/mol. The Bertz CT molecular complexity index is 1530. The molecule has 2 atom stereocenters. The molecule has 13 heteroatoms. The molecule has 1 fully saturated rings. The highest BCUT2D eigenvalue weighted by Crippen LogP contribution is 2.65. The van der Waals surface area contributed by atoms with Gasteiger partial charge in [-0.1, -0.05) is 69.3 Å². The topological polar surface area (TPSA) is 71.1 Å². The first-order chi connectivity index (χ1) is 17.4. The lowest BCUT2D eigenvalue weighted by Gasteiger charge is -2.09. The van der Waals surface area contributed by atoms with Crippen molar-refractivity contribution in [1.29, 1.82) is 0 Å². The number of anilines is 2. The first-order valence-electron chi connectivity index (χ1n) is 10.4. The number of rotatable bonds is 5. The monoisotopic (exact) mass is 651 g/mol. The predicted octanol–water partition coefficient (Wildman–Crippen LogP) is 9.34. The number of hydrogen-bond donors (Lipinski definition) is 2. The molecule has 190 valence electrons. The number of carbonyl (C=O) groups is 2. The van der Waals surface area contributed by atoms with Crippen molar-refractivity contribution in [3.63, 3.8) is 0 Å². The number of aromatic nitrogens is 1. The van der Waals surface area contributed by atoms with Gasteiger partial charge in [-0.15, -0.1) is 23.2 Å². The number of hydrogen-bond acceptors (Lipinski definition) is 4. The summed E-state index contributed by atoms with van der Waals surface area (Å²) in [5, 5.41) is 7.54. The van der Waals surface area contributed by atoms with E-state index in [1.54, 1.807) is 36.4 Å². The number of carbonyl (C=O) groups excluding carboxylic acids is 2. The van der Waals surface area contributed by atoms with Crippen LogP contribution in [0.25, 0.3) is 10.2 Å². The van der Waals surface area contributed by atoms with E-state index in [1.807, 2.05) is 0 Å². The van der Waals surface area contributed by atoms with Gasteiger partial charge in [-0.25, -0.2) is 4.98 Å². The van der Waals surface area contributed by atoms with Crippen LogP contribution in [0.5, 0.6) is 0 Å². The van der Waals surface area contributed by atoms with E-state index in [0.717, 1.165) is 4.70 Å². The van der Waals surface area contributed by atoms with Crippen molar-refractivity contribution in [2.75, 3.05) is 10.6 Å². The molecule has 5 nitrogen and oxygen atoms in total. The molecule has 0 saturated heterocycles. The number of benzene rings is 3. The fourth-order valence-electron chi connectivity index (χ4n) is 3.96. The van der Waals surface area contributed by atoms with E-state index in [1.165, 1.54) is 23.5 Å². The second-order valence-electron chi connectivity index (χ2n) is 8.22. The minimum atomic E-state index is -1.34. The minimum absolute atomic E-state index is 0.131. The van der Waals surface area contributed by atoms with Gasteiger partial charge in [-0.05, 0) is 54.1 Å². The summed E-state index contributed by atoms with van der Waals surface area (Å²) in [5.74, 6) is -2.22. The largest absolute Gasteiger partial charge is 0.326 e. The van der Waals surface area contributed by atoms with E-state index < -0.39 is 28.0 Å². The highest BCUT2D eigenvalue weighted by Gasteiger charge is 2.67. The van der Waals surface area contributed by atoms with E-state index in [4.69, 9.17) is 81.2 Å². The summed E-state index contributed by atoms with van der Waals surface area (Å²) >= 11 is 44.7. The molecule has 1 saturated carbocycles. The molecule has 3 aromatic carbocycles. The van der Waals surface area contributed by atoms with Gasteiger partial charge in [0.25, 0.3) is 5.91 Å². The Morgan fingerprint density at radius 2 is 1.51 bits per heavy atom. The maximum Gasteiger partial charge on any atom is 0.259 e. The van der Waals surface area contributed by atoms with Crippen LogP contribution in [0.15, 0.2) is 48.5 Å². The van der Waals surface area contributed by atoms with E-state index in [-0.39, 0.29) is 10.6 Å². The van der Waals surface area contributed by atoms with Crippen molar-refractivity contribution in [3.05, 3.63) is 84.8 Å². The van der Waals surface area contributed by atoms with Crippen molar-refractivity contribution in [2.24, 2.45) is 5.92 Å². The summed E-state index contributed by atoms with van der Waals surface area (Å²) in [5.41, 5.74) is 1.71. The average Bonchev–Trinajstić information content (AvgIpc) is 3.19. The van der Waals surface area contributed by atoms with Gasteiger partial charge >= 0.3 is 0 Å². The lowest BCUT2D eigenvalue weighted by Crippen LogP contribution is -2.18. The molecule has 1 aliphatic rings. The van der Waals surface area contributed by atoms with Crippen LogP contribution in [0.1, 0.15) is 21.8 Å². The third-order valence-corrected chi connectivity index (χ3v) is 9.07. The molecule has 2 N–H and O–H groups in total. The van der Waals surface area contributed by atoms with E-state index >= 15 is 0 Å². The molecule has 0 unspecified atom stereocenters. The molecule has 2 amide bonds. The summed E-state index contributed by atoms with van der Waals surface area (Å²) in [4.78, 5) is 30.4. The first kappa shape index (κ1) is 27.1. The quantitative estimate of drug-likeness (QED) is 0.211. The Kier molecular flexibility index (Phi) is 7.51. The second kappa shape index (κ2) is 10.2. The Morgan fingerprint density at radius 3 is 2.22 bits per heavy atom. The van der Waals surface area contributed by atoms with Gasteiger partial charge in [0.1, 0.15) is 4.33 Å². The molecule has 0 spiro atoms. The Morgan fingerprint density at radius 1 is 0.838 bits per heavy atom. The fraction of sp³-hybridized carbons (Fsp3) is 0.125. The maximum atomic E-state index is 13.0. The molecule has 4 aromatic rings. The molecule has 37 heavy (non-hydrogen) atoms. The number of alkyl halides is 2. The van der Waals surface area contributed by atoms with Crippen molar-refractivity contribution in [1.82, 2.24) is 4.98 Å². The van der Waals surface area contributed by atoms with Crippen molar-refractivity contribution >= 4 is 125 Å². The number of amides is 2. The van der Waals surface area contributed by atoms with Crippen LogP contribution in [0.2, 0.25) is 25.1 Å². The highest BCUT2D eigenvalue weighted by atomic mass is 35.5. The van der Waals surface area contributed by atoms with Crippen LogP contribution in [0.3, 0.4) is 0 Å². The van der Waals surface area contributed by atoms with Gasteiger partial charge in [0.05, 0.1) is 36.8 Å². The zero-order valence-electron chi connectivity index (χ0n) is 18.1. The maximum absolute atomic E-state index is 13.0. The highest BCUT2D eigenvalue weighted by molar-refractivity contribution is 7.22. The third-order valence-electron chi connectivity index (χ3n) is 5.71. The summed E-state index contributed by atoms with van der Waals surface area (Å²) in [6.45, 7) is 0. The van der Waals surface area contributed by atoms with Gasteiger partial charge in [0, 0.05) is 21.7 Å². The normalized spacial score (nSPS) is 18.0. The zero-order valence-corrected chi connectivity index (χ0v) is 24.2. The lowest BCUT2D eigenvalue weighted by atomic mass is 10.1. The van der Waals surface area contributed by atoms with Crippen LogP contribution >= 0.6 is 92.5 Å². The summed E-state index contributed by atoms with van der Waals surface area (Å²) in [7, 11) is 0. The third kappa shape index (κ3) is 5.49. The van der Waals surface area contributed by atoms with Crippen molar-refractivity contribution in [2.45, 2.75) is 10.3 Å². The predicted molar refractivity (Wildman–Crippen MR) is 155 cm³/mol. The van der Waals surface area contributed by atoms with Gasteiger partial charge in [0.15, 0.2) is 5.13 Å². The molecule has 1 aliphatic carbocycles. The van der Waals surface area contributed by atoms with E-state index in [0.29, 0.717) is 42.0 Å². The number of nitrogens with zero attached hydrogens (tertiary/aromatic N) is 1. The van der Waals surface area contributed by atoms with Crippen molar-refractivity contribution in [3.8, 4) is 0 Å². The summed E-state index contributed by atoms with van der Waals surface area (Å²) < 4.78 is -0.592. The van der Waals surface area contributed by atoms with E-state index in [2.05, 4.69) is 15.6 Å². The standard InChI is InChI=1S/C24H12Cl7N3O2S/c25-10-3-9(4-11(26)5-10)19-20(24(19,30)31)22(36)32-12-1-2-14(27)13(6-12)21(35)34-23-33-17-7-15(28)16(29)8-18(17)37-23/h1-8,19-20H,(H,32,36)(H,33,34,35)/t19-,20+/m1/s1. The van der Waals surface area contributed by atoms with Gasteiger partial charge < -0.3 is 5.32 Å². The van der Waals surface area contributed by atoms with Gasteiger partial charge in [0.2, 0.25) is 5.91 Å². The molecule has 1 aromatic heterocycles. The van der Waals surface area contributed by atoms with E-state index in [9.17, 15) is 9.59 Å². The van der Waals surface area contributed by atoms with Crippen LogP contribution in [0, 0.1) is 5.92 Å². The SMILES string of the molecule is O=C(Nc1nc2cc(Cl)c(Cl)cc2s1)c1cc(NC(=O)[C@@H]2[C@@H](c3cc(Cl)cc(Cl)c3)C2(Cl)Cl)ccc1Cl. The first-order valence-corrected chi connectivity index (χ1v) is 13.9. The van der Waals surface area contributed by atoms with Crippen molar-refractivity contribution < 1.29 is 9.59 Å².